The Balaban J connectivity index is 2.18. The first kappa shape index (κ1) is 13.5. The molecule has 0 atom stereocenters. The van der Waals surface area contributed by atoms with E-state index in [-0.39, 0.29) is 23.1 Å². The smallest absolute Gasteiger partial charge is 0.337 e. The van der Waals surface area contributed by atoms with Crippen LogP contribution in [-0.2, 0) is 4.79 Å². The zero-order valence-corrected chi connectivity index (χ0v) is 10.5. The summed E-state index contributed by atoms with van der Waals surface area (Å²) in [7, 11) is 0. The first-order valence-electron chi connectivity index (χ1n) is 6.42. The zero-order valence-electron chi connectivity index (χ0n) is 10.5. The number of benzene rings is 1. The second-order valence-corrected chi connectivity index (χ2v) is 4.79. The van der Waals surface area contributed by atoms with E-state index < -0.39 is 11.8 Å². The lowest BCUT2D eigenvalue weighted by atomic mass is 9.88. The van der Waals surface area contributed by atoms with Gasteiger partial charge in [-0.1, -0.05) is 25.3 Å². The van der Waals surface area contributed by atoms with Gasteiger partial charge in [-0.2, -0.15) is 0 Å². The van der Waals surface area contributed by atoms with Crippen LogP contribution in [-0.4, -0.2) is 17.0 Å². The van der Waals surface area contributed by atoms with E-state index in [9.17, 15) is 14.0 Å². The molecule has 1 saturated carbocycles. The van der Waals surface area contributed by atoms with Crippen molar-refractivity contribution >= 4 is 17.6 Å². The molecule has 5 heteroatoms. The van der Waals surface area contributed by atoms with Crippen molar-refractivity contribution in [1.29, 1.82) is 0 Å². The molecule has 0 radical (unpaired) electrons. The van der Waals surface area contributed by atoms with Crippen LogP contribution in [0.4, 0.5) is 10.1 Å². The number of hydrogen-bond acceptors (Lipinski definition) is 2. The summed E-state index contributed by atoms with van der Waals surface area (Å²) in [4.78, 5) is 23.0. The molecule has 2 N–H and O–H groups in total. The van der Waals surface area contributed by atoms with Gasteiger partial charge in [-0.15, -0.1) is 0 Å². The average molecular weight is 265 g/mol. The van der Waals surface area contributed by atoms with E-state index >= 15 is 0 Å². The van der Waals surface area contributed by atoms with E-state index in [1.165, 1.54) is 12.1 Å². The molecule has 0 saturated heterocycles. The van der Waals surface area contributed by atoms with Gasteiger partial charge < -0.3 is 10.4 Å². The number of hydrogen-bond donors (Lipinski definition) is 2. The summed E-state index contributed by atoms with van der Waals surface area (Å²) in [5.41, 5.74) is -0.449. The van der Waals surface area contributed by atoms with Gasteiger partial charge in [0, 0.05) is 5.92 Å². The Hall–Kier alpha value is -1.91. The topological polar surface area (TPSA) is 66.4 Å². The van der Waals surface area contributed by atoms with E-state index in [2.05, 4.69) is 5.32 Å². The minimum absolute atomic E-state index is 0.144. The molecule has 102 valence electrons. The Bertz CT molecular complexity index is 495. The van der Waals surface area contributed by atoms with Crippen molar-refractivity contribution in [2.24, 2.45) is 5.92 Å². The number of aromatic carboxylic acids is 1. The lowest BCUT2D eigenvalue weighted by Gasteiger charge is -2.21. The molecule has 1 amide bonds. The molecular weight excluding hydrogens is 249 g/mol. The summed E-state index contributed by atoms with van der Waals surface area (Å²) < 4.78 is 13.7. The van der Waals surface area contributed by atoms with Crippen LogP contribution in [0.1, 0.15) is 42.5 Å². The number of carboxylic acids is 1. The van der Waals surface area contributed by atoms with E-state index in [4.69, 9.17) is 5.11 Å². The highest BCUT2D eigenvalue weighted by Crippen LogP contribution is 2.26. The van der Waals surface area contributed by atoms with Crippen LogP contribution in [0.5, 0.6) is 0 Å². The molecule has 0 spiro atoms. The van der Waals surface area contributed by atoms with Crippen molar-refractivity contribution < 1.29 is 19.1 Å². The molecule has 2 rings (SSSR count). The van der Waals surface area contributed by atoms with Crippen molar-refractivity contribution in [3.8, 4) is 0 Å². The predicted octanol–water partition coefficient (Wildman–Crippen LogP) is 3.04. The number of para-hydroxylation sites is 1. The molecule has 19 heavy (non-hydrogen) atoms. The first-order chi connectivity index (χ1) is 9.09. The molecule has 0 heterocycles. The number of carboxylic acid groups (broad SMARTS) is 1. The molecule has 0 aromatic heterocycles. The lowest BCUT2D eigenvalue weighted by Crippen LogP contribution is -2.26. The minimum Gasteiger partial charge on any atom is -0.478 e. The van der Waals surface area contributed by atoms with Gasteiger partial charge in [0.25, 0.3) is 0 Å². The summed E-state index contributed by atoms with van der Waals surface area (Å²) in [6.07, 6.45) is 4.65. The summed E-state index contributed by atoms with van der Waals surface area (Å²) >= 11 is 0. The number of carbonyl (C=O) groups is 2. The minimum atomic E-state index is -1.25. The van der Waals surface area contributed by atoms with Crippen molar-refractivity contribution in [2.45, 2.75) is 32.1 Å². The molecular formula is C14H16FNO3. The third-order valence-corrected chi connectivity index (χ3v) is 3.47. The predicted molar refractivity (Wildman–Crippen MR) is 68.6 cm³/mol. The van der Waals surface area contributed by atoms with Gasteiger partial charge in [-0.25, -0.2) is 9.18 Å². The summed E-state index contributed by atoms with van der Waals surface area (Å²) in [5, 5.41) is 11.4. The maximum atomic E-state index is 13.7. The van der Waals surface area contributed by atoms with Crippen LogP contribution in [0.15, 0.2) is 18.2 Å². The van der Waals surface area contributed by atoms with E-state index in [1.807, 2.05) is 0 Å². The van der Waals surface area contributed by atoms with Crippen LogP contribution in [0.3, 0.4) is 0 Å². The molecule has 1 aliphatic rings. The Morgan fingerprint density at radius 1 is 1.21 bits per heavy atom. The summed E-state index contributed by atoms with van der Waals surface area (Å²) in [6, 6.07) is 3.74. The van der Waals surface area contributed by atoms with Gasteiger partial charge in [0.1, 0.15) is 5.82 Å². The van der Waals surface area contributed by atoms with Gasteiger partial charge >= 0.3 is 5.97 Å². The van der Waals surface area contributed by atoms with Gasteiger partial charge in [-0.05, 0) is 25.0 Å². The maximum Gasteiger partial charge on any atom is 0.337 e. The molecule has 0 unspecified atom stereocenters. The maximum absolute atomic E-state index is 13.7. The quantitative estimate of drug-likeness (QED) is 0.882. The number of rotatable bonds is 3. The average Bonchev–Trinajstić information content (AvgIpc) is 2.41. The molecule has 1 fully saturated rings. The van der Waals surface area contributed by atoms with Crippen LogP contribution in [0.25, 0.3) is 0 Å². The Labute approximate surface area is 110 Å². The summed E-state index contributed by atoms with van der Waals surface area (Å²) in [5.74, 6) is -2.40. The molecule has 0 bridgehead atoms. The zero-order chi connectivity index (χ0) is 13.8. The van der Waals surface area contributed by atoms with Crippen LogP contribution in [0, 0.1) is 11.7 Å². The molecule has 0 aliphatic heterocycles. The molecule has 1 aliphatic carbocycles. The first-order valence-corrected chi connectivity index (χ1v) is 6.42. The van der Waals surface area contributed by atoms with Crippen LogP contribution >= 0.6 is 0 Å². The van der Waals surface area contributed by atoms with E-state index in [1.54, 1.807) is 0 Å². The second kappa shape index (κ2) is 5.82. The third-order valence-electron chi connectivity index (χ3n) is 3.47. The number of amides is 1. The highest BCUT2D eigenvalue weighted by Gasteiger charge is 2.24. The van der Waals surface area contributed by atoms with Gasteiger partial charge in [0.2, 0.25) is 5.91 Å². The normalized spacial score (nSPS) is 16.1. The molecule has 1 aromatic rings. The highest BCUT2D eigenvalue weighted by atomic mass is 19.1. The number of halogens is 1. The van der Waals surface area contributed by atoms with Gasteiger partial charge in [0.15, 0.2) is 0 Å². The van der Waals surface area contributed by atoms with Crippen molar-refractivity contribution in [2.75, 3.05) is 5.32 Å². The second-order valence-electron chi connectivity index (χ2n) is 4.79. The Kier molecular flexibility index (Phi) is 4.14. The Morgan fingerprint density at radius 3 is 2.53 bits per heavy atom. The van der Waals surface area contributed by atoms with Crippen molar-refractivity contribution in [3.05, 3.63) is 29.6 Å². The standard InChI is InChI=1S/C14H16FNO3/c15-11-8-4-7-10(14(18)19)12(11)16-13(17)9-5-2-1-3-6-9/h4,7-9H,1-3,5-6H2,(H,16,17)(H,18,19). The molecule has 4 nitrogen and oxygen atoms in total. The van der Waals surface area contributed by atoms with Crippen LogP contribution in [0.2, 0.25) is 0 Å². The van der Waals surface area contributed by atoms with Crippen molar-refractivity contribution in [1.82, 2.24) is 0 Å². The number of anilines is 1. The van der Waals surface area contributed by atoms with Gasteiger partial charge in [-0.3, -0.25) is 4.79 Å². The summed E-state index contributed by atoms with van der Waals surface area (Å²) in [6.45, 7) is 0. The monoisotopic (exact) mass is 265 g/mol. The number of carbonyl (C=O) groups excluding carboxylic acids is 1. The SMILES string of the molecule is O=C(O)c1cccc(F)c1NC(=O)C1CCCCC1. The van der Waals surface area contributed by atoms with Gasteiger partial charge in [0.05, 0.1) is 11.3 Å². The fraction of sp³-hybridized carbons (Fsp3) is 0.429. The Morgan fingerprint density at radius 2 is 1.89 bits per heavy atom. The fourth-order valence-corrected chi connectivity index (χ4v) is 2.42. The van der Waals surface area contributed by atoms with Crippen molar-refractivity contribution in [3.63, 3.8) is 0 Å². The third kappa shape index (κ3) is 3.10. The molecule has 1 aromatic carbocycles. The number of nitrogens with one attached hydrogen (secondary N) is 1. The lowest BCUT2D eigenvalue weighted by molar-refractivity contribution is -0.120. The van der Waals surface area contributed by atoms with Crippen LogP contribution < -0.4 is 5.32 Å². The highest BCUT2D eigenvalue weighted by molar-refractivity contribution is 6.01. The van der Waals surface area contributed by atoms with E-state index in [0.29, 0.717) is 0 Å². The largest absolute Gasteiger partial charge is 0.478 e. The fourth-order valence-electron chi connectivity index (χ4n) is 2.42. The van der Waals surface area contributed by atoms with E-state index in [0.717, 1.165) is 38.2 Å².